The summed E-state index contributed by atoms with van der Waals surface area (Å²) >= 11 is 0. The van der Waals surface area contributed by atoms with Crippen LogP contribution in [0.15, 0.2) is 30.3 Å². The van der Waals surface area contributed by atoms with E-state index in [0.29, 0.717) is 5.92 Å². The predicted octanol–water partition coefficient (Wildman–Crippen LogP) is -1.29. The van der Waals surface area contributed by atoms with E-state index in [1.54, 1.807) is 0 Å². The van der Waals surface area contributed by atoms with Gasteiger partial charge in [-0.2, -0.15) is 0 Å². The fourth-order valence-electron chi connectivity index (χ4n) is 2.39. The van der Waals surface area contributed by atoms with Gasteiger partial charge in [0.25, 0.3) is 0 Å². The van der Waals surface area contributed by atoms with Crippen LogP contribution in [-0.2, 0) is 4.79 Å². The van der Waals surface area contributed by atoms with Crippen molar-refractivity contribution in [3.05, 3.63) is 35.9 Å². The third kappa shape index (κ3) is 3.34. The van der Waals surface area contributed by atoms with E-state index >= 15 is 0 Å². The van der Waals surface area contributed by atoms with Gasteiger partial charge in [0.05, 0.1) is 0 Å². The number of hydrogen-bond donors (Lipinski definition) is 0. The normalized spacial score (nSPS) is 24.5. The summed E-state index contributed by atoms with van der Waals surface area (Å²) in [6, 6.07) is 10.4. The topological polar surface area (TPSA) is 40.1 Å². The van der Waals surface area contributed by atoms with Crippen LogP contribution in [0.5, 0.6) is 0 Å². The van der Waals surface area contributed by atoms with Crippen molar-refractivity contribution >= 4 is 5.97 Å². The van der Waals surface area contributed by atoms with Gasteiger partial charge >= 0.3 is 29.6 Å². The number of rotatable bonds is 2. The molecule has 0 unspecified atom stereocenters. The van der Waals surface area contributed by atoms with Crippen LogP contribution >= 0.6 is 0 Å². The van der Waals surface area contributed by atoms with E-state index in [4.69, 9.17) is 0 Å². The van der Waals surface area contributed by atoms with Gasteiger partial charge in [-0.3, -0.25) is 0 Å². The van der Waals surface area contributed by atoms with Crippen molar-refractivity contribution < 1.29 is 39.5 Å². The van der Waals surface area contributed by atoms with Crippen molar-refractivity contribution in [2.45, 2.75) is 31.6 Å². The van der Waals surface area contributed by atoms with Crippen LogP contribution in [-0.4, -0.2) is 5.97 Å². The summed E-state index contributed by atoms with van der Waals surface area (Å²) in [5, 5.41) is 10.7. The largest absolute Gasteiger partial charge is 1.00 e. The summed E-state index contributed by atoms with van der Waals surface area (Å²) in [6.45, 7) is 0. The molecule has 0 aromatic heterocycles. The second-order valence-corrected chi connectivity index (χ2v) is 4.28. The number of carboxylic acids is 1. The summed E-state index contributed by atoms with van der Waals surface area (Å²) in [4.78, 5) is 10.7. The summed E-state index contributed by atoms with van der Waals surface area (Å²) in [7, 11) is 0. The van der Waals surface area contributed by atoms with Gasteiger partial charge in [-0.1, -0.05) is 30.3 Å². The minimum atomic E-state index is -0.874. The molecule has 1 fully saturated rings. The third-order valence-corrected chi connectivity index (χ3v) is 3.33. The fourth-order valence-corrected chi connectivity index (χ4v) is 2.39. The first-order valence-electron chi connectivity index (χ1n) is 5.53. The monoisotopic (exact) mass is 226 g/mol. The number of aliphatic carboxylic acids is 1. The molecule has 0 heterocycles. The van der Waals surface area contributed by atoms with Gasteiger partial charge in [-0.15, -0.1) is 0 Å². The number of carbonyl (C=O) groups is 1. The quantitative estimate of drug-likeness (QED) is 0.589. The summed E-state index contributed by atoms with van der Waals surface area (Å²) in [5.74, 6) is -0.548. The van der Waals surface area contributed by atoms with Gasteiger partial charge in [0.2, 0.25) is 0 Å². The molecule has 1 aromatic rings. The molecule has 16 heavy (non-hydrogen) atoms. The first-order valence-corrected chi connectivity index (χ1v) is 5.53. The van der Waals surface area contributed by atoms with Crippen molar-refractivity contribution in [3.63, 3.8) is 0 Å². The second-order valence-electron chi connectivity index (χ2n) is 4.28. The smallest absolute Gasteiger partial charge is 0.550 e. The molecule has 1 aliphatic rings. The third-order valence-electron chi connectivity index (χ3n) is 3.33. The van der Waals surface area contributed by atoms with Gasteiger partial charge in [-0.05, 0) is 43.1 Å². The van der Waals surface area contributed by atoms with E-state index in [2.05, 4.69) is 12.1 Å². The van der Waals surface area contributed by atoms with Crippen LogP contribution in [0.4, 0.5) is 0 Å². The Balaban J connectivity index is 0.00000128. The molecule has 2 rings (SSSR count). The first-order chi connectivity index (χ1) is 7.27. The van der Waals surface area contributed by atoms with Gasteiger partial charge in [-0.25, -0.2) is 0 Å². The van der Waals surface area contributed by atoms with E-state index in [1.807, 2.05) is 18.2 Å². The average molecular weight is 226 g/mol. The Morgan fingerprint density at radius 3 is 2.12 bits per heavy atom. The van der Waals surface area contributed by atoms with Crippen LogP contribution in [0.2, 0.25) is 0 Å². The molecule has 0 aliphatic heterocycles. The van der Waals surface area contributed by atoms with Crippen LogP contribution < -0.4 is 34.7 Å². The molecule has 0 N–H and O–H groups in total. The molecule has 3 heteroatoms. The molecule has 0 saturated heterocycles. The minimum absolute atomic E-state index is 0. The predicted molar refractivity (Wildman–Crippen MR) is 56.1 cm³/mol. The standard InChI is InChI=1S/C13H16O2.Na/c14-13(15)12-8-6-11(7-9-12)10-4-2-1-3-5-10;/h1-5,11-12H,6-9H2,(H,14,15);/q;+1/p-1. The van der Waals surface area contributed by atoms with Crippen LogP contribution in [0.1, 0.15) is 37.2 Å². The zero-order valence-electron chi connectivity index (χ0n) is 9.69. The fraction of sp³-hybridized carbons (Fsp3) is 0.462. The minimum Gasteiger partial charge on any atom is -0.550 e. The Kier molecular flexibility index (Phi) is 5.53. The van der Waals surface area contributed by atoms with E-state index in [0.717, 1.165) is 25.7 Å². The first kappa shape index (κ1) is 13.8. The Morgan fingerprint density at radius 2 is 1.62 bits per heavy atom. The number of benzene rings is 1. The van der Waals surface area contributed by atoms with Crippen molar-refractivity contribution in [2.75, 3.05) is 0 Å². The second kappa shape index (κ2) is 6.43. The SMILES string of the molecule is O=C([O-])C1CCC(c2ccccc2)CC1.[Na+]. The molecule has 1 saturated carbocycles. The van der Waals surface area contributed by atoms with Gasteiger partial charge < -0.3 is 9.90 Å². The van der Waals surface area contributed by atoms with Crippen molar-refractivity contribution in [3.8, 4) is 0 Å². The molecule has 1 aromatic carbocycles. The molecule has 2 nitrogen and oxygen atoms in total. The number of carbonyl (C=O) groups excluding carboxylic acids is 1. The molecule has 0 bridgehead atoms. The Hall–Kier alpha value is -0.310. The van der Waals surface area contributed by atoms with Crippen LogP contribution in [0.3, 0.4) is 0 Å². The zero-order chi connectivity index (χ0) is 10.7. The Bertz CT molecular complexity index is 329. The zero-order valence-corrected chi connectivity index (χ0v) is 11.7. The molecule has 1 aliphatic carbocycles. The van der Waals surface area contributed by atoms with E-state index in [1.165, 1.54) is 5.56 Å². The van der Waals surface area contributed by atoms with Gasteiger partial charge in [0, 0.05) is 5.97 Å². The van der Waals surface area contributed by atoms with E-state index < -0.39 is 5.97 Å². The molecule has 0 atom stereocenters. The van der Waals surface area contributed by atoms with E-state index in [-0.39, 0.29) is 35.5 Å². The van der Waals surface area contributed by atoms with Crippen molar-refractivity contribution in [1.29, 1.82) is 0 Å². The Morgan fingerprint density at radius 1 is 1.06 bits per heavy atom. The maximum absolute atomic E-state index is 10.7. The summed E-state index contributed by atoms with van der Waals surface area (Å²) < 4.78 is 0. The van der Waals surface area contributed by atoms with E-state index in [9.17, 15) is 9.90 Å². The average Bonchev–Trinajstić information content (AvgIpc) is 2.30. The number of carboxylic acid groups (broad SMARTS) is 1. The van der Waals surface area contributed by atoms with Gasteiger partial charge in [0.1, 0.15) is 0 Å². The molecule has 0 spiro atoms. The van der Waals surface area contributed by atoms with Crippen LogP contribution in [0.25, 0.3) is 0 Å². The van der Waals surface area contributed by atoms with Gasteiger partial charge in [0.15, 0.2) is 0 Å². The molecular formula is C13H15NaO2. The molecule has 0 radical (unpaired) electrons. The van der Waals surface area contributed by atoms with Crippen molar-refractivity contribution in [2.24, 2.45) is 5.92 Å². The summed E-state index contributed by atoms with van der Waals surface area (Å²) in [6.07, 6.45) is 3.48. The molecular weight excluding hydrogens is 211 g/mol. The maximum Gasteiger partial charge on any atom is 1.00 e. The maximum atomic E-state index is 10.7. The van der Waals surface area contributed by atoms with Crippen LogP contribution in [0, 0.1) is 5.92 Å². The summed E-state index contributed by atoms with van der Waals surface area (Å²) in [5.41, 5.74) is 1.34. The Labute approximate surface area is 118 Å². The van der Waals surface area contributed by atoms with Crippen molar-refractivity contribution in [1.82, 2.24) is 0 Å². The molecule has 0 amide bonds. The molecule has 80 valence electrons. The number of hydrogen-bond acceptors (Lipinski definition) is 2.